The molecule has 1 saturated carbocycles. The predicted molar refractivity (Wildman–Crippen MR) is 58.1 cm³/mol. The van der Waals surface area contributed by atoms with Crippen LogP contribution in [0.5, 0.6) is 0 Å². The Morgan fingerprint density at radius 2 is 2.21 bits per heavy atom. The van der Waals surface area contributed by atoms with Crippen molar-refractivity contribution >= 4 is 15.9 Å². The van der Waals surface area contributed by atoms with Crippen LogP contribution in [0, 0.1) is 6.92 Å². The molecule has 0 radical (unpaired) electrons. The van der Waals surface area contributed by atoms with Crippen LogP contribution in [-0.4, -0.2) is 20.5 Å². The van der Waals surface area contributed by atoms with Gasteiger partial charge in [-0.1, -0.05) is 0 Å². The smallest absolute Gasteiger partial charge is 0.0738 e. The molecule has 1 aromatic heterocycles. The lowest BCUT2D eigenvalue weighted by Gasteiger charge is -2.36. The van der Waals surface area contributed by atoms with Crippen LogP contribution in [0.25, 0.3) is 0 Å². The maximum Gasteiger partial charge on any atom is 0.0738 e. The van der Waals surface area contributed by atoms with Crippen molar-refractivity contribution in [1.29, 1.82) is 0 Å². The van der Waals surface area contributed by atoms with Crippen LogP contribution in [-0.2, 0) is 13.5 Å². The molecule has 0 spiro atoms. The molecule has 0 bridgehead atoms. The molecule has 1 aromatic rings. The summed E-state index contributed by atoms with van der Waals surface area (Å²) in [4.78, 5) is 0. The first-order valence-corrected chi connectivity index (χ1v) is 5.71. The fourth-order valence-corrected chi connectivity index (χ4v) is 2.42. The molecule has 4 heteroatoms. The van der Waals surface area contributed by atoms with Gasteiger partial charge in [-0.25, -0.2) is 0 Å². The number of halogens is 1. The van der Waals surface area contributed by atoms with E-state index in [-0.39, 0.29) is 0 Å². The van der Waals surface area contributed by atoms with Gasteiger partial charge in [-0.3, -0.25) is 4.68 Å². The Hall–Kier alpha value is -0.350. The summed E-state index contributed by atoms with van der Waals surface area (Å²) in [6, 6.07) is 0. The van der Waals surface area contributed by atoms with Crippen LogP contribution < -0.4 is 0 Å². The van der Waals surface area contributed by atoms with Crippen LogP contribution in [0.2, 0.25) is 0 Å². The third-order valence-electron chi connectivity index (χ3n) is 3.04. The standard InChI is InChI=1S/C10H15BrN2O/c1-7-9(11)8(13(2)12-7)6-10(14)4-3-5-10/h14H,3-6H2,1-2H3. The van der Waals surface area contributed by atoms with E-state index in [1.54, 1.807) is 0 Å². The number of aromatic nitrogens is 2. The Morgan fingerprint density at radius 1 is 1.57 bits per heavy atom. The van der Waals surface area contributed by atoms with Gasteiger partial charge in [0.1, 0.15) is 0 Å². The number of aryl methyl sites for hydroxylation is 2. The second kappa shape index (κ2) is 3.35. The molecular formula is C10H15BrN2O. The lowest BCUT2D eigenvalue weighted by Crippen LogP contribution is -2.39. The molecule has 1 N–H and O–H groups in total. The second-order valence-corrected chi connectivity index (χ2v) is 5.02. The minimum Gasteiger partial charge on any atom is -0.389 e. The first-order chi connectivity index (χ1) is 6.52. The molecule has 0 saturated heterocycles. The molecule has 1 heterocycles. The Morgan fingerprint density at radius 3 is 2.57 bits per heavy atom. The highest BCUT2D eigenvalue weighted by Crippen LogP contribution is 2.36. The molecule has 0 aliphatic heterocycles. The van der Waals surface area contributed by atoms with E-state index in [0.29, 0.717) is 6.42 Å². The minimum atomic E-state index is -0.469. The van der Waals surface area contributed by atoms with Gasteiger partial charge in [-0.2, -0.15) is 5.10 Å². The van der Waals surface area contributed by atoms with Gasteiger partial charge >= 0.3 is 0 Å². The van der Waals surface area contributed by atoms with Crippen molar-refractivity contribution in [2.45, 2.75) is 38.2 Å². The average Bonchev–Trinajstić information content (AvgIpc) is 2.29. The van der Waals surface area contributed by atoms with E-state index in [2.05, 4.69) is 21.0 Å². The fourth-order valence-electron chi connectivity index (χ4n) is 1.95. The predicted octanol–water partition coefficient (Wildman–Crippen LogP) is 1.95. The Balaban J connectivity index is 2.23. The summed E-state index contributed by atoms with van der Waals surface area (Å²) in [7, 11) is 1.93. The van der Waals surface area contributed by atoms with Crippen molar-refractivity contribution in [3.63, 3.8) is 0 Å². The summed E-state index contributed by atoms with van der Waals surface area (Å²) >= 11 is 3.51. The maximum atomic E-state index is 10.1. The van der Waals surface area contributed by atoms with Crippen LogP contribution in [0.4, 0.5) is 0 Å². The van der Waals surface area contributed by atoms with Gasteiger partial charge < -0.3 is 5.11 Å². The van der Waals surface area contributed by atoms with Crippen molar-refractivity contribution in [2.24, 2.45) is 7.05 Å². The third-order valence-corrected chi connectivity index (χ3v) is 4.07. The van der Waals surface area contributed by atoms with E-state index in [9.17, 15) is 5.11 Å². The molecule has 78 valence electrons. The zero-order valence-corrected chi connectivity index (χ0v) is 10.1. The van der Waals surface area contributed by atoms with Crippen LogP contribution >= 0.6 is 15.9 Å². The lowest BCUT2D eigenvalue weighted by atomic mass is 9.77. The number of hydrogen-bond acceptors (Lipinski definition) is 2. The van der Waals surface area contributed by atoms with Crippen LogP contribution in [0.15, 0.2) is 4.47 Å². The van der Waals surface area contributed by atoms with Gasteiger partial charge in [-0.05, 0) is 42.1 Å². The quantitative estimate of drug-likeness (QED) is 0.881. The van der Waals surface area contributed by atoms with Crippen molar-refractivity contribution in [2.75, 3.05) is 0 Å². The third kappa shape index (κ3) is 1.61. The van der Waals surface area contributed by atoms with Crippen molar-refractivity contribution < 1.29 is 5.11 Å². The van der Waals surface area contributed by atoms with Crippen molar-refractivity contribution in [3.05, 3.63) is 15.9 Å². The highest BCUT2D eigenvalue weighted by atomic mass is 79.9. The van der Waals surface area contributed by atoms with E-state index in [0.717, 1.165) is 35.1 Å². The topological polar surface area (TPSA) is 38.0 Å². The second-order valence-electron chi connectivity index (χ2n) is 4.22. The van der Waals surface area contributed by atoms with Gasteiger partial charge in [-0.15, -0.1) is 0 Å². The average molecular weight is 259 g/mol. The first kappa shape index (κ1) is 10.2. The zero-order valence-electron chi connectivity index (χ0n) is 8.55. The molecule has 1 aliphatic rings. The van der Waals surface area contributed by atoms with E-state index in [1.165, 1.54) is 0 Å². The summed E-state index contributed by atoms with van der Waals surface area (Å²) in [5.41, 5.74) is 1.62. The van der Waals surface area contributed by atoms with E-state index >= 15 is 0 Å². The summed E-state index contributed by atoms with van der Waals surface area (Å²) in [5.74, 6) is 0. The van der Waals surface area contributed by atoms with Gasteiger partial charge in [0, 0.05) is 13.5 Å². The molecule has 0 atom stereocenters. The lowest BCUT2D eigenvalue weighted by molar-refractivity contribution is -0.0338. The molecule has 0 amide bonds. The Bertz CT molecular complexity index is 355. The first-order valence-electron chi connectivity index (χ1n) is 4.92. The number of hydrogen-bond donors (Lipinski definition) is 1. The molecular weight excluding hydrogens is 244 g/mol. The fraction of sp³-hybridized carbons (Fsp3) is 0.700. The highest BCUT2D eigenvalue weighted by Gasteiger charge is 2.36. The number of rotatable bonds is 2. The van der Waals surface area contributed by atoms with E-state index < -0.39 is 5.60 Å². The molecule has 1 aliphatic carbocycles. The van der Waals surface area contributed by atoms with E-state index in [1.807, 2.05) is 18.7 Å². The maximum absolute atomic E-state index is 10.1. The van der Waals surface area contributed by atoms with Gasteiger partial charge in [0.25, 0.3) is 0 Å². The van der Waals surface area contributed by atoms with Crippen molar-refractivity contribution in [1.82, 2.24) is 9.78 Å². The van der Waals surface area contributed by atoms with E-state index in [4.69, 9.17) is 0 Å². The molecule has 14 heavy (non-hydrogen) atoms. The molecule has 0 unspecified atom stereocenters. The van der Waals surface area contributed by atoms with Gasteiger partial charge in [0.2, 0.25) is 0 Å². The summed E-state index contributed by atoms with van der Waals surface area (Å²) in [5, 5.41) is 14.4. The SMILES string of the molecule is Cc1nn(C)c(CC2(O)CCC2)c1Br. The summed E-state index contributed by atoms with van der Waals surface area (Å²) in [6.45, 7) is 1.97. The molecule has 1 fully saturated rings. The van der Waals surface area contributed by atoms with Gasteiger partial charge in [0.15, 0.2) is 0 Å². The molecule has 2 rings (SSSR count). The summed E-state index contributed by atoms with van der Waals surface area (Å²) < 4.78 is 2.90. The Labute approximate surface area is 92.2 Å². The highest BCUT2D eigenvalue weighted by molar-refractivity contribution is 9.10. The zero-order chi connectivity index (χ0) is 10.3. The summed E-state index contributed by atoms with van der Waals surface area (Å²) in [6.07, 6.45) is 3.70. The Kier molecular flexibility index (Phi) is 2.43. The van der Waals surface area contributed by atoms with Crippen LogP contribution in [0.3, 0.4) is 0 Å². The normalized spacial score (nSPS) is 19.4. The van der Waals surface area contributed by atoms with Gasteiger partial charge in [0.05, 0.1) is 21.5 Å². The minimum absolute atomic E-state index is 0.469. The monoisotopic (exact) mass is 258 g/mol. The van der Waals surface area contributed by atoms with Crippen molar-refractivity contribution in [3.8, 4) is 0 Å². The number of aliphatic hydroxyl groups is 1. The molecule has 3 nitrogen and oxygen atoms in total. The largest absolute Gasteiger partial charge is 0.389 e. The number of nitrogens with zero attached hydrogens (tertiary/aromatic N) is 2. The van der Waals surface area contributed by atoms with Crippen LogP contribution in [0.1, 0.15) is 30.7 Å². The molecule has 0 aromatic carbocycles.